The lowest BCUT2D eigenvalue weighted by Crippen LogP contribution is -1.81. The lowest BCUT2D eigenvalue weighted by atomic mass is 10.2. The molecule has 1 aromatic carbocycles. The second-order valence-corrected chi connectivity index (χ2v) is 2.09. The van der Waals surface area contributed by atoms with Crippen LogP contribution in [0.5, 0.6) is 0 Å². The number of aliphatic hydroxyl groups is 1. The molecule has 0 amide bonds. The monoisotopic (exact) mass is 150 g/mol. The lowest BCUT2D eigenvalue weighted by Gasteiger charge is -1.92. The molecule has 0 saturated heterocycles. The second-order valence-electron chi connectivity index (χ2n) is 2.09. The van der Waals surface area contributed by atoms with Gasteiger partial charge in [-0.1, -0.05) is 18.1 Å². The van der Waals surface area contributed by atoms with E-state index >= 15 is 0 Å². The summed E-state index contributed by atoms with van der Waals surface area (Å²) in [5.74, 6) is 2.21. The molecule has 11 heavy (non-hydrogen) atoms. The molecule has 0 unspecified atom stereocenters. The topological polar surface area (TPSA) is 20.2 Å². The van der Waals surface area contributed by atoms with E-state index < -0.39 is 0 Å². The highest BCUT2D eigenvalue weighted by Gasteiger charge is 1.89. The number of benzene rings is 1. The Bertz CT molecular complexity index is 279. The van der Waals surface area contributed by atoms with Crippen molar-refractivity contribution in [3.63, 3.8) is 0 Å². The van der Waals surface area contributed by atoms with E-state index in [1.165, 1.54) is 12.1 Å². The minimum absolute atomic E-state index is 0.259. The van der Waals surface area contributed by atoms with Gasteiger partial charge in [0.15, 0.2) is 0 Å². The normalized spacial score (nSPS) is 8.45. The number of halogens is 1. The van der Waals surface area contributed by atoms with Crippen LogP contribution < -0.4 is 0 Å². The Labute approximate surface area is 64.5 Å². The summed E-state index contributed by atoms with van der Waals surface area (Å²) in [6.45, 7) is 0. The molecule has 1 nitrogen and oxygen atoms in total. The molecule has 1 N–H and O–H groups in total. The summed E-state index contributed by atoms with van der Waals surface area (Å²) in [5, 5.41) is 8.15. The summed E-state index contributed by atoms with van der Waals surface area (Å²) >= 11 is 0. The molecule has 1 rings (SSSR count). The predicted octanol–water partition coefficient (Wildman–Crippen LogP) is 1.70. The molecule has 0 aliphatic rings. The molecule has 2 heteroatoms. The summed E-state index contributed by atoms with van der Waals surface area (Å²) in [6, 6.07) is 6.02. The summed E-state index contributed by atoms with van der Waals surface area (Å²) < 4.78 is 12.3. The lowest BCUT2D eigenvalue weighted by molar-refractivity contribution is 0.516. The first-order valence-corrected chi connectivity index (χ1v) is 3.19. The second kappa shape index (κ2) is 3.62. The first-order chi connectivity index (χ1) is 5.33. The van der Waals surface area contributed by atoms with Crippen LogP contribution in [-0.2, 0) is 6.42 Å². The average Bonchev–Trinajstić information content (AvgIpc) is 2.04. The molecule has 0 atom stereocenters. The largest absolute Gasteiger partial charge is 0.462 e. The SMILES string of the molecule is OC#CCc1ccc(F)cc1. The third kappa shape index (κ3) is 2.30. The molecule has 0 aromatic heterocycles. The summed E-state index contributed by atoms with van der Waals surface area (Å²) in [4.78, 5) is 0. The molecule has 0 aliphatic carbocycles. The molecule has 0 radical (unpaired) electrons. The predicted molar refractivity (Wildman–Crippen MR) is 39.8 cm³/mol. The molecule has 56 valence electrons. The molecule has 0 spiro atoms. The maximum atomic E-state index is 12.3. The van der Waals surface area contributed by atoms with E-state index in [0.717, 1.165) is 5.56 Å². The van der Waals surface area contributed by atoms with E-state index in [2.05, 4.69) is 5.92 Å². The van der Waals surface area contributed by atoms with E-state index in [1.54, 1.807) is 18.2 Å². The van der Waals surface area contributed by atoms with Crippen molar-refractivity contribution in [1.29, 1.82) is 0 Å². The third-order valence-corrected chi connectivity index (χ3v) is 1.28. The highest BCUT2D eigenvalue weighted by Crippen LogP contribution is 2.02. The van der Waals surface area contributed by atoms with Gasteiger partial charge in [0, 0.05) is 6.42 Å². The zero-order chi connectivity index (χ0) is 8.10. The van der Waals surface area contributed by atoms with Crippen molar-refractivity contribution in [2.24, 2.45) is 0 Å². The van der Waals surface area contributed by atoms with E-state index in [-0.39, 0.29) is 5.82 Å². The van der Waals surface area contributed by atoms with Gasteiger partial charge in [-0.05, 0) is 17.7 Å². The maximum Gasteiger partial charge on any atom is 0.123 e. The highest BCUT2D eigenvalue weighted by atomic mass is 19.1. The van der Waals surface area contributed by atoms with E-state index in [4.69, 9.17) is 5.11 Å². The zero-order valence-corrected chi connectivity index (χ0v) is 5.84. The Morgan fingerprint density at radius 1 is 1.27 bits per heavy atom. The Balaban J connectivity index is 2.71. The highest BCUT2D eigenvalue weighted by molar-refractivity contribution is 5.20. The molecule has 0 heterocycles. The van der Waals surface area contributed by atoms with E-state index in [0.29, 0.717) is 6.42 Å². The zero-order valence-electron chi connectivity index (χ0n) is 5.84. The number of hydrogen-bond acceptors (Lipinski definition) is 1. The number of aliphatic hydroxyl groups excluding tert-OH is 1. The van der Waals surface area contributed by atoms with Crippen molar-refractivity contribution in [2.75, 3.05) is 0 Å². The summed E-state index contributed by atoms with van der Waals surface area (Å²) in [6.07, 6.45) is 2.24. The summed E-state index contributed by atoms with van der Waals surface area (Å²) in [5.41, 5.74) is 0.896. The van der Waals surface area contributed by atoms with Crippen LogP contribution in [-0.4, -0.2) is 5.11 Å². The Morgan fingerprint density at radius 2 is 1.91 bits per heavy atom. The average molecular weight is 150 g/mol. The smallest absolute Gasteiger partial charge is 0.123 e. The van der Waals surface area contributed by atoms with Gasteiger partial charge < -0.3 is 5.11 Å². The fourth-order valence-electron chi connectivity index (χ4n) is 0.744. The van der Waals surface area contributed by atoms with Crippen molar-refractivity contribution < 1.29 is 9.50 Å². The van der Waals surface area contributed by atoms with Crippen LogP contribution >= 0.6 is 0 Å². The van der Waals surface area contributed by atoms with Crippen LogP contribution in [0.15, 0.2) is 24.3 Å². The molecule has 0 fully saturated rings. The Hall–Kier alpha value is -1.49. The molecular weight excluding hydrogens is 143 g/mol. The molecule has 0 aliphatic heterocycles. The van der Waals surface area contributed by atoms with Gasteiger partial charge in [0.05, 0.1) is 0 Å². The van der Waals surface area contributed by atoms with Gasteiger partial charge >= 0.3 is 0 Å². The minimum Gasteiger partial charge on any atom is -0.462 e. The van der Waals surface area contributed by atoms with Crippen LogP contribution in [0.2, 0.25) is 0 Å². The van der Waals surface area contributed by atoms with Crippen molar-refractivity contribution in [1.82, 2.24) is 0 Å². The van der Waals surface area contributed by atoms with Gasteiger partial charge in [-0.15, -0.1) is 0 Å². The van der Waals surface area contributed by atoms with Crippen LogP contribution in [0.3, 0.4) is 0 Å². The number of hydrogen-bond donors (Lipinski definition) is 1. The van der Waals surface area contributed by atoms with Gasteiger partial charge in [-0.2, -0.15) is 0 Å². The van der Waals surface area contributed by atoms with Crippen molar-refractivity contribution >= 4 is 0 Å². The van der Waals surface area contributed by atoms with Crippen molar-refractivity contribution in [2.45, 2.75) is 6.42 Å². The molecular formula is C9H7FO. The van der Waals surface area contributed by atoms with Crippen LogP contribution in [0, 0.1) is 17.8 Å². The van der Waals surface area contributed by atoms with Gasteiger partial charge in [0.1, 0.15) is 11.9 Å². The first-order valence-electron chi connectivity index (χ1n) is 3.19. The van der Waals surface area contributed by atoms with Crippen LogP contribution in [0.1, 0.15) is 5.56 Å². The quantitative estimate of drug-likeness (QED) is 0.604. The summed E-state index contributed by atoms with van der Waals surface area (Å²) in [7, 11) is 0. The Kier molecular flexibility index (Phi) is 2.51. The van der Waals surface area contributed by atoms with Crippen LogP contribution in [0.25, 0.3) is 0 Å². The van der Waals surface area contributed by atoms with Gasteiger partial charge in [0.25, 0.3) is 0 Å². The van der Waals surface area contributed by atoms with Crippen LogP contribution in [0.4, 0.5) is 4.39 Å². The third-order valence-electron chi connectivity index (χ3n) is 1.28. The molecule has 1 aromatic rings. The van der Waals surface area contributed by atoms with E-state index in [1.807, 2.05) is 0 Å². The minimum atomic E-state index is -0.259. The molecule has 0 saturated carbocycles. The molecule has 0 bridgehead atoms. The maximum absolute atomic E-state index is 12.3. The Morgan fingerprint density at radius 3 is 2.45 bits per heavy atom. The van der Waals surface area contributed by atoms with Gasteiger partial charge in [-0.3, -0.25) is 0 Å². The first kappa shape index (κ1) is 7.62. The van der Waals surface area contributed by atoms with Gasteiger partial charge in [-0.25, -0.2) is 4.39 Å². The fraction of sp³-hybridized carbons (Fsp3) is 0.111. The fourth-order valence-corrected chi connectivity index (χ4v) is 0.744. The number of rotatable bonds is 1. The standard InChI is InChI=1S/C9H7FO/c10-9-5-3-8(4-6-9)2-1-7-11/h3-6,11H,2H2. The van der Waals surface area contributed by atoms with Crippen molar-refractivity contribution in [3.8, 4) is 12.0 Å². The van der Waals surface area contributed by atoms with Gasteiger partial charge in [0.2, 0.25) is 0 Å². The van der Waals surface area contributed by atoms with E-state index in [9.17, 15) is 4.39 Å². The van der Waals surface area contributed by atoms with Crippen molar-refractivity contribution in [3.05, 3.63) is 35.6 Å².